The van der Waals surface area contributed by atoms with Gasteiger partial charge in [0.1, 0.15) is 5.39 Å². The summed E-state index contributed by atoms with van der Waals surface area (Å²) in [5.74, 6) is 0.973. The van der Waals surface area contributed by atoms with Gasteiger partial charge in [-0.3, -0.25) is 4.79 Å². The molecule has 1 fully saturated rings. The zero-order valence-corrected chi connectivity index (χ0v) is 20.7. The summed E-state index contributed by atoms with van der Waals surface area (Å²) in [6, 6.07) is 14.3. The molecule has 4 aromatic rings. The predicted molar refractivity (Wildman–Crippen MR) is 138 cm³/mol. The molecular formula is C27H28N8O. The Morgan fingerprint density at radius 3 is 2.78 bits per heavy atom. The SMILES string of the molecule is CCn1c(=O)c2cnc(Nc3ccc4c(c3)CCNC4(C)C)nc2n1-c1cccc(C2(C#N)CC2)n1. The van der Waals surface area contributed by atoms with Crippen molar-refractivity contribution in [2.45, 2.75) is 57.5 Å². The monoisotopic (exact) mass is 480 g/mol. The third-order valence-electron chi connectivity index (χ3n) is 7.38. The molecule has 0 amide bonds. The molecule has 0 spiro atoms. The van der Waals surface area contributed by atoms with Gasteiger partial charge >= 0.3 is 0 Å². The number of aromatic nitrogens is 5. The molecule has 2 aliphatic rings. The second-order valence-corrected chi connectivity index (χ2v) is 10.1. The first-order valence-corrected chi connectivity index (χ1v) is 12.4. The average molecular weight is 481 g/mol. The van der Waals surface area contributed by atoms with Crippen molar-refractivity contribution in [2.24, 2.45) is 0 Å². The number of fused-ring (bicyclic) bond motifs is 2. The first kappa shape index (κ1) is 22.4. The molecule has 1 saturated carbocycles. The number of hydrogen-bond acceptors (Lipinski definition) is 7. The van der Waals surface area contributed by atoms with Gasteiger partial charge in [-0.2, -0.15) is 10.2 Å². The molecule has 1 aliphatic heterocycles. The molecule has 0 bridgehead atoms. The van der Waals surface area contributed by atoms with Crippen LogP contribution in [0.25, 0.3) is 16.9 Å². The van der Waals surface area contributed by atoms with Crippen LogP contribution in [0.3, 0.4) is 0 Å². The number of rotatable bonds is 5. The average Bonchev–Trinajstić information content (AvgIpc) is 3.63. The van der Waals surface area contributed by atoms with Gasteiger partial charge in [0.25, 0.3) is 5.56 Å². The van der Waals surface area contributed by atoms with Crippen molar-refractivity contribution in [2.75, 3.05) is 11.9 Å². The minimum absolute atomic E-state index is 0.0627. The summed E-state index contributed by atoms with van der Waals surface area (Å²) in [6.45, 7) is 7.67. The largest absolute Gasteiger partial charge is 0.324 e. The van der Waals surface area contributed by atoms with Crippen molar-refractivity contribution in [1.82, 2.24) is 29.6 Å². The van der Waals surface area contributed by atoms with Crippen LogP contribution in [0.15, 0.2) is 47.4 Å². The van der Waals surface area contributed by atoms with Gasteiger partial charge in [-0.05, 0) is 82.0 Å². The van der Waals surface area contributed by atoms with Gasteiger partial charge in [0.15, 0.2) is 11.5 Å². The van der Waals surface area contributed by atoms with E-state index in [9.17, 15) is 10.1 Å². The molecule has 6 rings (SSSR count). The molecule has 0 unspecified atom stereocenters. The maximum atomic E-state index is 13.2. The minimum Gasteiger partial charge on any atom is -0.324 e. The molecule has 9 heteroatoms. The highest BCUT2D eigenvalue weighted by molar-refractivity contribution is 5.77. The van der Waals surface area contributed by atoms with E-state index in [1.807, 2.05) is 31.2 Å². The van der Waals surface area contributed by atoms with Crippen molar-refractivity contribution in [3.63, 3.8) is 0 Å². The maximum absolute atomic E-state index is 13.2. The first-order valence-electron chi connectivity index (χ1n) is 12.4. The van der Waals surface area contributed by atoms with Crippen LogP contribution in [0.4, 0.5) is 11.6 Å². The standard InChI is InChI=1S/C27H28N8O/c1-4-34-24(36)19-15-29-25(31-18-8-9-20-17(14-18)10-13-30-26(20,2)3)33-23(19)35(34)22-7-5-6-21(32-22)27(16-28)11-12-27/h5-9,14-15,30H,4,10-13H2,1-3H3,(H,29,31,33). The lowest BCUT2D eigenvalue weighted by Crippen LogP contribution is -2.42. The Balaban J connectivity index is 1.42. The maximum Gasteiger partial charge on any atom is 0.278 e. The highest BCUT2D eigenvalue weighted by Gasteiger charge is 2.46. The molecule has 1 aromatic carbocycles. The second-order valence-electron chi connectivity index (χ2n) is 10.1. The molecule has 0 atom stereocenters. The van der Waals surface area contributed by atoms with E-state index >= 15 is 0 Å². The Kier molecular flexibility index (Phi) is 4.99. The lowest BCUT2D eigenvalue weighted by molar-refractivity contribution is 0.382. The summed E-state index contributed by atoms with van der Waals surface area (Å²) in [5.41, 5.74) is 3.96. The van der Waals surface area contributed by atoms with Gasteiger partial charge in [-0.1, -0.05) is 12.1 Å². The smallest absolute Gasteiger partial charge is 0.278 e. The molecule has 0 radical (unpaired) electrons. The lowest BCUT2D eigenvalue weighted by atomic mass is 9.85. The minimum atomic E-state index is -0.519. The van der Waals surface area contributed by atoms with E-state index in [-0.39, 0.29) is 11.1 Å². The summed E-state index contributed by atoms with van der Waals surface area (Å²) in [6.07, 6.45) is 4.14. The third kappa shape index (κ3) is 3.48. The summed E-state index contributed by atoms with van der Waals surface area (Å²) < 4.78 is 3.34. The van der Waals surface area contributed by atoms with Crippen LogP contribution in [0, 0.1) is 11.3 Å². The summed E-state index contributed by atoms with van der Waals surface area (Å²) in [7, 11) is 0. The van der Waals surface area contributed by atoms with Crippen molar-refractivity contribution in [1.29, 1.82) is 5.26 Å². The highest BCUT2D eigenvalue weighted by Crippen LogP contribution is 2.46. The normalized spacial score (nSPS) is 17.4. The van der Waals surface area contributed by atoms with E-state index < -0.39 is 5.41 Å². The summed E-state index contributed by atoms with van der Waals surface area (Å²) >= 11 is 0. The molecule has 1 aliphatic carbocycles. The van der Waals surface area contributed by atoms with Crippen molar-refractivity contribution >= 4 is 22.7 Å². The Morgan fingerprint density at radius 1 is 1.19 bits per heavy atom. The molecule has 2 N–H and O–H groups in total. The van der Waals surface area contributed by atoms with E-state index in [0.717, 1.165) is 37.2 Å². The molecule has 0 saturated heterocycles. The van der Waals surface area contributed by atoms with Crippen LogP contribution in [0.2, 0.25) is 0 Å². The molecule has 182 valence electrons. The van der Waals surface area contributed by atoms with Crippen molar-refractivity contribution in [3.05, 3.63) is 69.8 Å². The molecular weight excluding hydrogens is 452 g/mol. The predicted octanol–water partition coefficient (Wildman–Crippen LogP) is 3.68. The van der Waals surface area contributed by atoms with Crippen molar-refractivity contribution < 1.29 is 0 Å². The lowest BCUT2D eigenvalue weighted by Gasteiger charge is -2.34. The third-order valence-corrected chi connectivity index (χ3v) is 7.38. The summed E-state index contributed by atoms with van der Waals surface area (Å²) in [4.78, 5) is 27.1. The topological polar surface area (TPSA) is 113 Å². The number of pyridine rings is 1. The van der Waals surface area contributed by atoms with Crippen LogP contribution in [-0.2, 0) is 23.9 Å². The zero-order valence-electron chi connectivity index (χ0n) is 20.7. The Bertz CT molecular complexity index is 1600. The van der Waals surface area contributed by atoms with Gasteiger partial charge in [-0.15, -0.1) is 0 Å². The van der Waals surface area contributed by atoms with Gasteiger partial charge in [0, 0.05) is 24.0 Å². The number of nitrogens with zero attached hydrogens (tertiary/aromatic N) is 6. The number of nitriles is 1. The quantitative estimate of drug-likeness (QED) is 0.448. The zero-order chi connectivity index (χ0) is 25.1. The Labute approximate surface area is 208 Å². The molecule has 36 heavy (non-hydrogen) atoms. The van der Waals surface area contributed by atoms with E-state index in [0.29, 0.717) is 29.3 Å². The van der Waals surface area contributed by atoms with Gasteiger partial charge in [0.05, 0.1) is 17.2 Å². The van der Waals surface area contributed by atoms with Gasteiger partial charge in [-0.25, -0.2) is 19.3 Å². The van der Waals surface area contributed by atoms with Crippen molar-refractivity contribution in [3.8, 4) is 11.9 Å². The number of nitrogens with one attached hydrogen (secondary N) is 2. The van der Waals surface area contributed by atoms with Crippen LogP contribution >= 0.6 is 0 Å². The Morgan fingerprint density at radius 2 is 2.03 bits per heavy atom. The van der Waals surface area contributed by atoms with E-state index in [1.165, 1.54) is 11.1 Å². The van der Waals surface area contributed by atoms with Crippen LogP contribution in [-0.4, -0.2) is 30.9 Å². The van der Waals surface area contributed by atoms with E-state index in [1.54, 1.807) is 15.6 Å². The van der Waals surface area contributed by atoms with Crippen LogP contribution < -0.4 is 16.2 Å². The van der Waals surface area contributed by atoms with E-state index in [2.05, 4.69) is 47.7 Å². The molecule has 4 heterocycles. The number of hydrogen-bond donors (Lipinski definition) is 2. The first-order chi connectivity index (χ1) is 17.3. The molecule has 3 aromatic heterocycles. The van der Waals surface area contributed by atoms with Crippen LogP contribution in [0.5, 0.6) is 0 Å². The van der Waals surface area contributed by atoms with Gasteiger partial charge < -0.3 is 10.6 Å². The Hall–Kier alpha value is -4.03. The van der Waals surface area contributed by atoms with E-state index in [4.69, 9.17) is 9.97 Å². The fourth-order valence-electron chi connectivity index (χ4n) is 5.19. The molecule has 9 nitrogen and oxygen atoms in total. The number of anilines is 2. The highest BCUT2D eigenvalue weighted by atomic mass is 16.1. The fourth-order valence-corrected chi connectivity index (χ4v) is 5.19. The van der Waals surface area contributed by atoms with Gasteiger partial charge in [0.2, 0.25) is 5.95 Å². The second kappa shape index (κ2) is 8.00. The van der Waals surface area contributed by atoms with Crippen LogP contribution in [0.1, 0.15) is 50.4 Å². The summed E-state index contributed by atoms with van der Waals surface area (Å²) in [5, 5.41) is 16.9. The number of benzene rings is 1. The fraction of sp³-hybridized carbons (Fsp3) is 0.370.